The molecule has 5 nitrogen and oxygen atoms in total. The van der Waals surface area contributed by atoms with Crippen molar-refractivity contribution < 1.29 is 0 Å². The van der Waals surface area contributed by atoms with E-state index in [1.165, 1.54) is 4.88 Å². The van der Waals surface area contributed by atoms with Crippen molar-refractivity contribution in [1.29, 1.82) is 0 Å². The van der Waals surface area contributed by atoms with Gasteiger partial charge in [0.1, 0.15) is 5.82 Å². The average molecular weight is 265 g/mol. The maximum Gasteiger partial charge on any atom is 0.182 e. The molecule has 2 rings (SSSR count). The van der Waals surface area contributed by atoms with E-state index in [-0.39, 0.29) is 0 Å². The average Bonchev–Trinajstić information content (AvgIpc) is 2.97. The van der Waals surface area contributed by atoms with E-state index < -0.39 is 0 Å². The summed E-state index contributed by atoms with van der Waals surface area (Å²) < 4.78 is 1.99. The summed E-state index contributed by atoms with van der Waals surface area (Å²) in [6, 6.07) is 0. The first-order chi connectivity index (χ1) is 8.76. The standard InChI is InChI=1S/C12H19N5S/c1-4-10-15-11(5-2)17(16-10)8-9-7-14-12(18-9)13-6-3/h7H,4-6,8H2,1-3H3,(H,13,14). The molecule has 0 unspecified atom stereocenters. The summed E-state index contributed by atoms with van der Waals surface area (Å²) >= 11 is 1.68. The summed E-state index contributed by atoms with van der Waals surface area (Å²) in [6.45, 7) is 7.92. The predicted molar refractivity (Wildman–Crippen MR) is 74.2 cm³/mol. The Kier molecular flexibility index (Phi) is 4.30. The normalized spacial score (nSPS) is 10.8. The van der Waals surface area contributed by atoms with E-state index in [1.807, 2.05) is 10.9 Å². The van der Waals surface area contributed by atoms with Gasteiger partial charge in [-0.15, -0.1) is 11.3 Å². The van der Waals surface area contributed by atoms with Gasteiger partial charge in [-0.25, -0.2) is 14.6 Å². The van der Waals surface area contributed by atoms with E-state index in [4.69, 9.17) is 0 Å². The van der Waals surface area contributed by atoms with Crippen LogP contribution in [0.4, 0.5) is 5.13 Å². The summed E-state index contributed by atoms with van der Waals surface area (Å²) in [5.74, 6) is 1.97. The van der Waals surface area contributed by atoms with Gasteiger partial charge in [0.05, 0.1) is 6.54 Å². The minimum absolute atomic E-state index is 0.763. The third kappa shape index (κ3) is 2.87. The lowest BCUT2D eigenvalue weighted by Crippen LogP contribution is -2.05. The van der Waals surface area contributed by atoms with Gasteiger partial charge in [0.15, 0.2) is 11.0 Å². The zero-order valence-corrected chi connectivity index (χ0v) is 11.9. The van der Waals surface area contributed by atoms with E-state index in [9.17, 15) is 0 Å². The van der Waals surface area contributed by atoms with Crippen molar-refractivity contribution in [2.75, 3.05) is 11.9 Å². The Morgan fingerprint density at radius 2 is 2.11 bits per heavy atom. The van der Waals surface area contributed by atoms with Crippen LogP contribution in [0.3, 0.4) is 0 Å². The Hall–Kier alpha value is -1.43. The molecule has 18 heavy (non-hydrogen) atoms. The van der Waals surface area contributed by atoms with Gasteiger partial charge in [-0.2, -0.15) is 5.10 Å². The van der Waals surface area contributed by atoms with Gasteiger partial charge < -0.3 is 5.32 Å². The van der Waals surface area contributed by atoms with Gasteiger partial charge >= 0.3 is 0 Å². The highest BCUT2D eigenvalue weighted by molar-refractivity contribution is 7.15. The highest BCUT2D eigenvalue weighted by atomic mass is 32.1. The van der Waals surface area contributed by atoms with E-state index in [0.29, 0.717) is 0 Å². The Bertz CT molecular complexity index is 502. The number of aryl methyl sites for hydroxylation is 2. The fourth-order valence-electron chi connectivity index (χ4n) is 1.73. The van der Waals surface area contributed by atoms with Crippen LogP contribution in [0.2, 0.25) is 0 Å². The Morgan fingerprint density at radius 1 is 1.28 bits per heavy atom. The minimum Gasteiger partial charge on any atom is -0.362 e. The number of hydrogen-bond donors (Lipinski definition) is 1. The van der Waals surface area contributed by atoms with Crippen LogP contribution in [0.15, 0.2) is 6.20 Å². The highest BCUT2D eigenvalue weighted by Gasteiger charge is 2.09. The van der Waals surface area contributed by atoms with Gasteiger partial charge in [-0.05, 0) is 6.92 Å². The number of nitrogens with one attached hydrogen (secondary N) is 1. The van der Waals surface area contributed by atoms with Crippen LogP contribution < -0.4 is 5.32 Å². The van der Waals surface area contributed by atoms with E-state index in [1.54, 1.807) is 11.3 Å². The molecule has 0 radical (unpaired) electrons. The largest absolute Gasteiger partial charge is 0.362 e. The molecule has 0 amide bonds. The zero-order valence-electron chi connectivity index (χ0n) is 11.1. The zero-order chi connectivity index (χ0) is 13.0. The fourth-order valence-corrected chi connectivity index (χ4v) is 2.59. The van der Waals surface area contributed by atoms with Gasteiger partial charge in [0.25, 0.3) is 0 Å². The summed E-state index contributed by atoms with van der Waals surface area (Å²) in [5.41, 5.74) is 0. The molecule has 2 aromatic heterocycles. The van der Waals surface area contributed by atoms with Crippen LogP contribution in [0.5, 0.6) is 0 Å². The molecule has 1 N–H and O–H groups in total. The summed E-state index contributed by atoms with van der Waals surface area (Å²) in [7, 11) is 0. The minimum atomic E-state index is 0.763. The van der Waals surface area contributed by atoms with Crippen molar-refractivity contribution in [2.45, 2.75) is 40.2 Å². The van der Waals surface area contributed by atoms with Crippen molar-refractivity contribution >= 4 is 16.5 Å². The quantitative estimate of drug-likeness (QED) is 0.871. The first kappa shape index (κ1) is 13.0. The molecular formula is C12H19N5S. The van der Waals surface area contributed by atoms with E-state index >= 15 is 0 Å². The molecule has 0 spiro atoms. The molecular weight excluding hydrogens is 246 g/mol. The van der Waals surface area contributed by atoms with Crippen LogP contribution in [-0.4, -0.2) is 26.3 Å². The molecule has 0 aliphatic heterocycles. The first-order valence-electron chi connectivity index (χ1n) is 6.37. The second kappa shape index (κ2) is 5.95. The maximum absolute atomic E-state index is 4.51. The molecule has 6 heteroatoms. The van der Waals surface area contributed by atoms with E-state index in [0.717, 1.165) is 42.7 Å². The number of hydrogen-bond acceptors (Lipinski definition) is 5. The predicted octanol–water partition coefficient (Wildman–Crippen LogP) is 2.34. The number of nitrogens with zero attached hydrogens (tertiary/aromatic N) is 4. The summed E-state index contributed by atoms with van der Waals surface area (Å²) in [6.07, 6.45) is 3.70. The highest BCUT2D eigenvalue weighted by Crippen LogP contribution is 2.19. The van der Waals surface area contributed by atoms with Crippen molar-refractivity contribution in [2.24, 2.45) is 0 Å². The van der Waals surface area contributed by atoms with Crippen molar-refractivity contribution in [3.05, 3.63) is 22.7 Å². The van der Waals surface area contributed by atoms with Gasteiger partial charge in [0, 0.05) is 30.5 Å². The first-order valence-corrected chi connectivity index (χ1v) is 7.19. The topological polar surface area (TPSA) is 55.6 Å². The fraction of sp³-hybridized carbons (Fsp3) is 0.583. The summed E-state index contributed by atoms with van der Waals surface area (Å²) in [5, 5.41) is 8.71. The summed E-state index contributed by atoms with van der Waals surface area (Å²) in [4.78, 5) is 10.0. The van der Waals surface area contributed by atoms with Crippen molar-refractivity contribution in [3.8, 4) is 0 Å². The molecule has 2 aromatic rings. The number of anilines is 1. The third-order valence-electron chi connectivity index (χ3n) is 2.61. The smallest absolute Gasteiger partial charge is 0.182 e. The molecule has 98 valence electrons. The second-order valence-corrected chi connectivity index (χ2v) is 5.09. The van der Waals surface area contributed by atoms with Crippen LogP contribution in [-0.2, 0) is 19.4 Å². The number of thiazole rings is 1. The lowest BCUT2D eigenvalue weighted by molar-refractivity contribution is 0.642. The second-order valence-electron chi connectivity index (χ2n) is 3.97. The SMILES string of the molecule is CCNc1ncc(Cn2nc(CC)nc2CC)s1. The Labute approximate surface area is 111 Å². The van der Waals surface area contributed by atoms with E-state index in [2.05, 4.69) is 41.2 Å². The molecule has 0 aliphatic carbocycles. The van der Waals surface area contributed by atoms with Gasteiger partial charge in [-0.1, -0.05) is 13.8 Å². The molecule has 0 aromatic carbocycles. The third-order valence-corrected chi connectivity index (χ3v) is 3.55. The lowest BCUT2D eigenvalue weighted by atomic mass is 10.4. The molecule has 0 bridgehead atoms. The molecule has 0 saturated carbocycles. The van der Waals surface area contributed by atoms with Crippen LogP contribution in [0, 0.1) is 0 Å². The van der Waals surface area contributed by atoms with Gasteiger partial charge in [-0.3, -0.25) is 0 Å². The Morgan fingerprint density at radius 3 is 2.78 bits per heavy atom. The molecule has 0 atom stereocenters. The molecule has 0 saturated heterocycles. The van der Waals surface area contributed by atoms with Crippen LogP contribution >= 0.6 is 11.3 Å². The molecule has 0 fully saturated rings. The lowest BCUT2D eigenvalue weighted by Gasteiger charge is -2.01. The Balaban J connectivity index is 2.14. The molecule has 0 aliphatic rings. The number of aromatic nitrogens is 4. The van der Waals surface area contributed by atoms with Crippen molar-refractivity contribution in [3.63, 3.8) is 0 Å². The monoisotopic (exact) mass is 265 g/mol. The van der Waals surface area contributed by atoms with Crippen LogP contribution in [0.1, 0.15) is 37.3 Å². The maximum atomic E-state index is 4.51. The van der Waals surface area contributed by atoms with Crippen LogP contribution in [0.25, 0.3) is 0 Å². The molecule has 2 heterocycles. The van der Waals surface area contributed by atoms with Crippen molar-refractivity contribution in [1.82, 2.24) is 19.7 Å². The number of rotatable bonds is 6. The van der Waals surface area contributed by atoms with Gasteiger partial charge in [0.2, 0.25) is 0 Å².